The van der Waals surface area contributed by atoms with Crippen molar-refractivity contribution in [1.29, 1.82) is 0 Å². The highest BCUT2D eigenvalue weighted by atomic mass is 32.1. The van der Waals surface area contributed by atoms with E-state index in [1.54, 1.807) is 12.1 Å². The molecule has 0 fully saturated rings. The SMILES string of the molecule is O=C1C/C(=N\Nc2nc(-c3ccccc3O)cs2)c2ccccc21. The van der Waals surface area contributed by atoms with Gasteiger partial charge < -0.3 is 5.11 Å². The van der Waals surface area contributed by atoms with Gasteiger partial charge in [-0.15, -0.1) is 11.3 Å². The fourth-order valence-electron chi connectivity index (χ4n) is 2.67. The molecule has 0 amide bonds. The van der Waals surface area contributed by atoms with E-state index in [2.05, 4.69) is 15.5 Å². The van der Waals surface area contributed by atoms with E-state index in [1.165, 1.54) is 11.3 Å². The first-order valence-electron chi connectivity index (χ1n) is 7.41. The van der Waals surface area contributed by atoms with Gasteiger partial charge in [-0.2, -0.15) is 5.10 Å². The van der Waals surface area contributed by atoms with E-state index >= 15 is 0 Å². The standard InChI is InChI=1S/C18H13N3O2S/c22-16-8-4-3-7-13(16)15-10-24-18(19-15)21-20-14-9-17(23)12-6-2-1-5-11(12)14/h1-8,10,22H,9H2,(H,19,21)/b20-14+. The van der Waals surface area contributed by atoms with E-state index in [9.17, 15) is 9.90 Å². The fraction of sp³-hybridized carbons (Fsp3) is 0.0556. The van der Waals surface area contributed by atoms with Crippen molar-refractivity contribution in [3.8, 4) is 17.0 Å². The van der Waals surface area contributed by atoms with Gasteiger partial charge in [0.2, 0.25) is 5.13 Å². The predicted octanol–water partition coefficient (Wildman–Crippen LogP) is 3.92. The van der Waals surface area contributed by atoms with Crippen LogP contribution in [0, 0.1) is 0 Å². The van der Waals surface area contributed by atoms with Crippen molar-refractivity contribution in [2.75, 3.05) is 5.43 Å². The summed E-state index contributed by atoms with van der Waals surface area (Å²) in [5.41, 5.74) is 6.58. The number of fused-ring (bicyclic) bond motifs is 1. The molecule has 5 nitrogen and oxygen atoms in total. The number of phenols is 1. The normalized spacial score (nSPS) is 14.8. The summed E-state index contributed by atoms with van der Waals surface area (Å²) in [6.07, 6.45) is 0.296. The number of benzene rings is 2. The number of nitrogens with zero attached hydrogens (tertiary/aromatic N) is 2. The summed E-state index contributed by atoms with van der Waals surface area (Å²) in [5.74, 6) is 0.274. The molecule has 0 spiro atoms. The maximum Gasteiger partial charge on any atom is 0.203 e. The quantitative estimate of drug-likeness (QED) is 0.712. The van der Waals surface area contributed by atoms with Crippen LogP contribution in [0.15, 0.2) is 59.0 Å². The highest BCUT2D eigenvalue weighted by Crippen LogP contribution is 2.31. The van der Waals surface area contributed by atoms with E-state index < -0.39 is 0 Å². The molecule has 0 aliphatic heterocycles. The van der Waals surface area contributed by atoms with Crippen molar-refractivity contribution < 1.29 is 9.90 Å². The van der Waals surface area contributed by atoms with Crippen molar-refractivity contribution in [1.82, 2.24) is 4.98 Å². The molecule has 0 saturated heterocycles. The number of rotatable bonds is 3. The third-order valence-corrected chi connectivity index (χ3v) is 4.58. The number of ketones is 1. The highest BCUT2D eigenvalue weighted by molar-refractivity contribution is 7.14. The lowest BCUT2D eigenvalue weighted by Gasteiger charge is -2.00. The van der Waals surface area contributed by atoms with Crippen LogP contribution in [-0.2, 0) is 0 Å². The number of carbonyl (C=O) groups is 1. The number of hydrogen-bond acceptors (Lipinski definition) is 6. The van der Waals surface area contributed by atoms with Crippen LogP contribution in [0.5, 0.6) is 5.75 Å². The largest absolute Gasteiger partial charge is 0.507 e. The topological polar surface area (TPSA) is 74.6 Å². The van der Waals surface area contributed by atoms with Crippen molar-refractivity contribution in [2.45, 2.75) is 6.42 Å². The predicted molar refractivity (Wildman–Crippen MR) is 94.8 cm³/mol. The van der Waals surface area contributed by atoms with Crippen LogP contribution in [0.25, 0.3) is 11.3 Å². The average molecular weight is 335 g/mol. The molecule has 24 heavy (non-hydrogen) atoms. The summed E-state index contributed by atoms with van der Waals surface area (Å²) >= 11 is 1.39. The first kappa shape index (κ1) is 14.6. The molecule has 0 saturated carbocycles. The highest BCUT2D eigenvalue weighted by Gasteiger charge is 2.25. The van der Waals surface area contributed by atoms with Crippen LogP contribution < -0.4 is 5.43 Å². The smallest absolute Gasteiger partial charge is 0.203 e. The molecule has 1 aromatic heterocycles. The second-order valence-electron chi connectivity index (χ2n) is 5.37. The molecule has 0 radical (unpaired) electrons. The number of hydrogen-bond donors (Lipinski definition) is 2. The molecule has 0 atom stereocenters. The minimum absolute atomic E-state index is 0.0835. The third-order valence-electron chi connectivity index (χ3n) is 3.84. The number of thiazole rings is 1. The summed E-state index contributed by atoms with van der Waals surface area (Å²) < 4.78 is 0. The lowest BCUT2D eigenvalue weighted by atomic mass is 10.1. The Morgan fingerprint density at radius 2 is 1.75 bits per heavy atom. The number of Topliss-reactive ketones (excluding diaryl/α,β-unsaturated/α-hetero) is 1. The van der Waals surface area contributed by atoms with Gasteiger partial charge >= 0.3 is 0 Å². The van der Waals surface area contributed by atoms with Crippen molar-refractivity contribution in [3.05, 3.63) is 65.0 Å². The number of phenolic OH excluding ortho intramolecular Hbond substituents is 1. The zero-order chi connectivity index (χ0) is 16.5. The Morgan fingerprint density at radius 3 is 2.54 bits per heavy atom. The number of hydrazone groups is 1. The first-order chi connectivity index (χ1) is 11.7. The zero-order valence-electron chi connectivity index (χ0n) is 12.6. The van der Waals surface area contributed by atoms with E-state index in [0.29, 0.717) is 28.4 Å². The van der Waals surface area contributed by atoms with Gasteiger partial charge in [0.05, 0.1) is 17.8 Å². The van der Waals surface area contributed by atoms with Gasteiger partial charge in [0.15, 0.2) is 5.78 Å². The Morgan fingerprint density at radius 1 is 1.04 bits per heavy atom. The fourth-order valence-corrected chi connectivity index (χ4v) is 3.33. The van der Waals surface area contributed by atoms with Crippen molar-refractivity contribution >= 4 is 28.0 Å². The van der Waals surface area contributed by atoms with Gasteiger partial charge in [-0.05, 0) is 12.1 Å². The third kappa shape index (κ3) is 2.57. The van der Waals surface area contributed by atoms with Gasteiger partial charge in [-0.1, -0.05) is 36.4 Å². The summed E-state index contributed by atoms with van der Waals surface area (Å²) in [5, 5.41) is 16.7. The van der Waals surface area contributed by atoms with E-state index in [0.717, 1.165) is 11.3 Å². The maximum absolute atomic E-state index is 12.0. The monoisotopic (exact) mass is 335 g/mol. The number of nitrogens with one attached hydrogen (secondary N) is 1. The van der Waals surface area contributed by atoms with E-state index in [1.807, 2.05) is 41.8 Å². The van der Waals surface area contributed by atoms with Gasteiger partial charge in [0.25, 0.3) is 0 Å². The number of anilines is 1. The number of aromatic hydroxyl groups is 1. The Bertz CT molecular complexity index is 962. The van der Waals surface area contributed by atoms with Crippen LogP contribution in [0.1, 0.15) is 22.3 Å². The van der Waals surface area contributed by atoms with Gasteiger partial charge in [0.1, 0.15) is 5.75 Å². The Kier molecular flexibility index (Phi) is 3.59. The molecular weight excluding hydrogens is 322 g/mol. The number of carbonyl (C=O) groups excluding carboxylic acids is 1. The molecule has 2 aromatic carbocycles. The number of para-hydroxylation sites is 1. The lowest BCUT2D eigenvalue weighted by Crippen LogP contribution is -2.00. The molecule has 1 aliphatic carbocycles. The minimum atomic E-state index is 0.0835. The van der Waals surface area contributed by atoms with Crippen LogP contribution in [0.3, 0.4) is 0 Å². The molecule has 0 unspecified atom stereocenters. The minimum Gasteiger partial charge on any atom is -0.507 e. The average Bonchev–Trinajstić information content (AvgIpc) is 3.19. The maximum atomic E-state index is 12.0. The van der Waals surface area contributed by atoms with Crippen LogP contribution in [0.2, 0.25) is 0 Å². The van der Waals surface area contributed by atoms with Crippen LogP contribution in [0.4, 0.5) is 5.13 Å². The second-order valence-corrected chi connectivity index (χ2v) is 6.23. The van der Waals surface area contributed by atoms with Crippen molar-refractivity contribution in [2.24, 2.45) is 5.10 Å². The zero-order valence-corrected chi connectivity index (χ0v) is 13.4. The van der Waals surface area contributed by atoms with Gasteiger partial charge in [-0.25, -0.2) is 4.98 Å². The van der Waals surface area contributed by atoms with Gasteiger partial charge in [-0.3, -0.25) is 10.2 Å². The molecule has 118 valence electrons. The van der Waals surface area contributed by atoms with Gasteiger partial charge in [0, 0.05) is 22.1 Å². The molecule has 1 heterocycles. The molecule has 2 N–H and O–H groups in total. The summed E-state index contributed by atoms with van der Waals surface area (Å²) in [7, 11) is 0. The summed E-state index contributed by atoms with van der Waals surface area (Å²) in [4.78, 5) is 16.4. The Labute approximate surface area is 142 Å². The van der Waals surface area contributed by atoms with E-state index in [-0.39, 0.29) is 11.5 Å². The number of aromatic nitrogens is 1. The molecule has 0 bridgehead atoms. The molecule has 4 rings (SSSR count). The van der Waals surface area contributed by atoms with Crippen LogP contribution in [-0.4, -0.2) is 21.6 Å². The van der Waals surface area contributed by atoms with Crippen LogP contribution >= 0.6 is 11.3 Å². The van der Waals surface area contributed by atoms with E-state index in [4.69, 9.17) is 0 Å². The lowest BCUT2D eigenvalue weighted by molar-refractivity contribution is 0.101. The molecule has 6 heteroatoms. The Hall–Kier alpha value is -2.99. The summed E-state index contributed by atoms with van der Waals surface area (Å²) in [6.45, 7) is 0. The summed E-state index contributed by atoms with van der Waals surface area (Å²) in [6, 6.07) is 14.5. The second kappa shape index (κ2) is 5.90. The first-order valence-corrected chi connectivity index (χ1v) is 8.29. The molecule has 1 aliphatic rings. The Balaban J connectivity index is 1.58. The molecular formula is C18H13N3O2S. The molecule has 3 aromatic rings. The van der Waals surface area contributed by atoms with Crippen molar-refractivity contribution in [3.63, 3.8) is 0 Å².